The number of carbonyl (C=O) groups is 2. The maximum Gasteiger partial charge on any atom is 0.358 e. The zero-order valence-electron chi connectivity index (χ0n) is 14.8. The Hall–Kier alpha value is -2.06. The van der Waals surface area contributed by atoms with Gasteiger partial charge in [-0.1, -0.05) is 0 Å². The van der Waals surface area contributed by atoms with E-state index in [0.717, 1.165) is 38.8 Å². The van der Waals surface area contributed by atoms with Crippen LogP contribution in [-0.2, 0) is 27.2 Å². The highest BCUT2D eigenvalue weighted by molar-refractivity contribution is 5.85. The average Bonchev–Trinajstić information content (AvgIpc) is 3.06. The van der Waals surface area contributed by atoms with Gasteiger partial charge in [-0.05, 0) is 12.8 Å². The molecule has 0 spiro atoms. The molecular formula is C16H24Cl2N4O4. The SMILES string of the molecule is Cn1c(C(=O)O)cc[n+]1CCCCCC[n+]1ccc(C(=O)O)n1C.[Cl-].[Cl-]. The van der Waals surface area contributed by atoms with Gasteiger partial charge in [-0.3, -0.25) is 0 Å². The normalized spacial score (nSPS) is 10.1. The van der Waals surface area contributed by atoms with E-state index in [0.29, 0.717) is 0 Å². The van der Waals surface area contributed by atoms with Crippen LogP contribution in [0.3, 0.4) is 0 Å². The summed E-state index contributed by atoms with van der Waals surface area (Å²) in [6.07, 6.45) is 7.60. The second-order valence-electron chi connectivity index (χ2n) is 5.80. The maximum atomic E-state index is 11.0. The largest absolute Gasteiger partial charge is 1.00 e. The Bertz CT molecular complexity index is 680. The summed E-state index contributed by atoms with van der Waals surface area (Å²) < 4.78 is 7.09. The molecule has 0 bridgehead atoms. The molecule has 2 rings (SSSR count). The molecule has 0 radical (unpaired) electrons. The van der Waals surface area contributed by atoms with Crippen LogP contribution in [0, 0.1) is 0 Å². The Morgan fingerprint density at radius 2 is 1.15 bits per heavy atom. The lowest BCUT2D eigenvalue weighted by molar-refractivity contribution is -0.774. The maximum absolute atomic E-state index is 11.0. The summed E-state index contributed by atoms with van der Waals surface area (Å²) in [6.45, 7) is 1.56. The van der Waals surface area contributed by atoms with Crippen molar-refractivity contribution in [2.45, 2.75) is 38.8 Å². The second-order valence-corrected chi connectivity index (χ2v) is 5.80. The number of aryl methyl sites for hydroxylation is 2. The summed E-state index contributed by atoms with van der Waals surface area (Å²) in [5.41, 5.74) is 0.564. The first-order valence-corrected chi connectivity index (χ1v) is 7.99. The van der Waals surface area contributed by atoms with Crippen LogP contribution in [0.1, 0.15) is 46.7 Å². The lowest BCUT2D eigenvalue weighted by Crippen LogP contribution is -3.00. The van der Waals surface area contributed by atoms with Crippen LogP contribution >= 0.6 is 0 Å². The van der Waals surface area contributed by atoms with Crippen LogP contribution in [0.2, 0.25) is 0 Å². The van der Waals surface area contributed by atoms with Crippen LogP contribution in [0.4, 0.5) is 0 Å². The molecule has 0 saturated carbocycles. The number of carboxylic acid groups (broad SMARTS) is 2. The fraction of sp³-hybridized carbons (Fsp3) is 0.500. The molecule has 2 aromatic rings. The summed E-state index contributed by atoms with van der Waals surface area (Å²) in [5.74, 6) is -1.84. The van der Waals surface area contributed by atoms with Crippen molar-refractivity contribution in [3.8, 4) is 0 Å². The molecule has 0 aromatic carbocycles. The third-order valence-electron chi connectivity index (χ3n) is 4.24. The van der Waals surface area contributed by atoms with Gasteiger partial charge < -0.3 is 35.0 Å². The molecule has 0 saturated heterocycles. The van der Waals surface area contributed by atoms with Crippen molar-refractivity contribution in [1.29, 1.82) is 0 Å². The fourth-order valence-electron chi connectivity index (χ4n) is 2.78. The van der Waals surface area contributed by atoms with Gasteiger partial charge >= 0.3 is 11.9 Å². The second kappa shape index (κ2) is 10.8. The minimum atomic E-state index is -0.920. The van der Waals surface area contributed by atoms with E-state index in [-0.39, 0.29) is 36.2 Å². The van der Waals surface area contributed by atoms with Crippen molar-refractivity contribution >= 4 is 11.9 Å². The summed E-state index contributed by atoms with van der Waals surface area (Å²) >= 11 is 0. The third-order valence-corrected chi connectivity index (χ3v) is 4.24. The molecule has 26 heavy (non-hydrogen) atoms. The molecule has 2 N–H and O–H groups in total. The quantitative estimate of drug-likeness (QED) is 0.321. The lowest BCUT2D eigenvalue weighted by Gasteiger charge is -2.01. The van der Waals surface area contributed by atoms with E-state index in [2.05, 4.69) is 0 Å². The molecule has 146 valence electrons. The van der Waals surface area contributed by atoms with E-state index < -0.39 is 11.9 Å². The van der Waals surface area contributed by atoms with Crippen LogP contribution in [-0.4, -0.2) is 31.5 Å². The van der Waals surface area contributed by atoms with Crippen molar-refractivity contribution in [2.75, 3.05) is 0 Å². The van der Waals surface area contributed by atoms with Crippen molar-refractivity contribution in [3.63, 3.8) is 0 Å². The first kappa shape index (κ1) is 23.9. The highest BCUT2D eigenvalue weighted by Gasteiger charge is 2.17. The number of halogens is 2. The minimum absolute atomic E-state index is 0. The van der Waals surface area contributed by atoms with Crippen molar-refractivity contribution in [3.05, 3.63) is 35.9 Å². The standard InChI is InChI=1S/C16H22N4O4.2ClH/c1-17-13(15(21)22)7-11-19(17)9-5-3-4-6-10-20-12-8-14(16(23)24)18(20)2;;/h7-8,11-12H,3-6,9-10H2,1-2H3;2*1H. The Morgan fingerprint density at radius 3 is 1.42 bits per heavy atom. The van der Waals surface area contributed by atoms with E-state index in [1.807, 2.05) is 9.36 Å². The average molecular weight is 407 g/mol. The van der Waals surface area contributed by atoms with Gasteiger partial charge in [0.05, 0.1) is 14.1 Å². The number of rotatable bonds is 9. The Kier molecular flexibility index (Phi) is 9.97. The number of hydrogen-bond donors (Lipinski definition) is 2. The first-order chi connectivity index (χ1) is 11.4. The molecule has 10 heteroatoms. The Balaban J connectivity index is 0.00000312. The highest BCUT2D eigenvalue weighted by Crippen LogP contribution is 2.02. The molecule has 0 amide bonds. The molecule has 2 heterocycles. The molecule has 0 fully saturated rings. The van der Waals surface area contributed by atoms with Gasteiger partial charge in [-0.25, -0.2) is 9.59 Å². The summed E-state index contributed by atoms with van der Waals surface area (Å²) in [6, 6.07) is 3.21. The molecule has 0 unspecified atom stereocenters. The van der Waals surface area contributed by atoms with Crippen LogP contribution < -0.4 is 34.2 Å². The van der Waals surface area contributed by atoms with Crippen molar-refractivity contribution in [1.82, 2.24) is 9.36 Å². The van der Waals surface area contributed by atoms with Gasteiger partial charge in [0.15, 0.2) is 36.9 Å². The highest BCUT2D eigenvalue weighted by atomic mass is 35.5. The zero-order valence-corrected chi connectivity index (χ0v) is 16.3. The zero-order chi connectivity index (χ0) is 17.7. The van der Waals surface area contributed by atoms with E-state index >= 15 is 0 Å². The van der Waals surface area contributed by atoms with E-state index in [9.17, 15) is 9.59 Å². The van der Waals surface area contributed by atoms with Gasteiger partial charge in [0, 0.05) is 25.0 Å². The predicted octanol–water partition coefficient (Wildman–Crippen LogP) is -5.40. The summed E-state index contributed by atoms with van der Waals surface area (Å²) in [7, 11) is 3.49. The molecule has 0 aliphatic rings. The minimum Gasteiger partial charge on any atom is -1.00 e. The van der Waals surface area contributed by atoms with Crippen molar-refractivity contribution < 1.29 is 54.0 Å². The van der Waals surface area contributed by atoms with Gasteiger partial charge in [-0.15, -0.1) is 18.7 Å². The molecule has 0 atom stereocenters. The van der Waals surface area contributed by atoms with E-state index in [4.69, 9.17) is 10.2 Å². The number of aromatic nitrogens is 4. The van der Waals surface area contributed by atoms with Gasteiger partial charge in [0.1, 0.15) is 0 Å². The van der Waals surface area contributed by atoms with Crippen molar-refractivity contribution in [2.24, 2.45) is 14.1 Å². The van der Waals surface area contributed by atoms with Gasteiger partial charge in [-0.2, -0.15) is 0 Å². The van der Waals surface area contributed by atoms with E-state index in [1.54, 1.807) is 48.0 Å². The number of nitrogens with zero attached hydrogens (tertiary/aromatic N) is 4. The molecular weight excluding hydrogens is 383 g/mol. The van der Waals surface area contributed by atoms with Gasteiger partial charge in [0.2, 0.25) is 0 Å². The molecule has 0 aliphatic carbocycles. The molecule has 8 nitrogen and oxygen atoms in total. The van der Waals surface area contributed by atoms with Crippen LogP contribution in [0.25, 0.3) is 0 Å². The van der Waals surface area contributed by atoms with E-state index in [1.165, 1.54) is 0 Å². The van der Waals surface area contributed by atoms with Crippen LogP contribution in [0.15, 0.2) is 24.5 Å². The predicted molar refractivity (Wildman–Crippen MR) is 83.6 cm³/mol. The smallest absolute Gasteiger partial charge is 0.358 e. The molecule has 0 aliphatic heterocycles. The number of unbranched alkanes of at least 4 members (excludes halogenated alkanes) is 3. The fourth-order valence-corrected chi connectivity index (χ4v) is 2.78. The topological polar surface area (TPSA) is 92.2 Å². The summed E-state index contributed by atoms with van der Waals surface area (Å²) in [4.78, 5) is 22.0. The third kappa shape index (κ3) is 5.74. The molecule has 2 aromatic heterocycles. The number of aromatic carboxylic acids is 2. The Labute approximate surface area is 164 Å². The first-order valence-electron chi connectivity index (χ1n) is 7.99. The monoisotopic (exact) mass is 406 g/mol. The number of carboxylic acids is 2. The lowest BCUT2D eigenvalue weighted by atomic mass is 10.2. The Morgan fingerprint density at radius 1 is 0.808 bits per heavy atom. The van der Waals surface area contributed by atoms with Gasteiger partial charge in [0.25, 0.3) is 0 Å². The number of hydrogen-bond acceptors (Lipinski definition) is 2. The van der Waals surface area contributed by atoms with Crippen LogP contribution in [0.5, 0.6) is 0 Å². The summed E-state index contributed by atoms with van der Waals surface area (Å²) in [5, 5.41) is 18.0.